The minimum Gasteiger partial charge on any atom is -0.464 e. The van der Waals surface area contributed by atoms with Gasteiger partial charge in [0, 0.05) is 31.2 Å². The standard InChI is InChI=1S/C15H13N7O2/c1-24-14(23)11-6-13-16-4-5-22(13)15(19-11)17-7-10-2-3-12-20-18-9-21(12)8-10/h2-6,8-9H,7H2,1H3,(H,17,19). The van der Waals surface area contributed by atoms with Crippen LogP contribution < -0.4 is 5.32 Å². The first-order chi connectivity index (χ1) is 11.7. The van der Waals surface area contributed by atoms with Crippen molar-refractivity contribution in [1.29, 1.82) is 0 Å². The quantitative estimate of drug-likeness (QED) is 0.563. The maximum absolute atomic E-state index is 11.8. The third kappa shape index (κ3) is 2.41. The number of hydrogen-bond acceptors (Lipinski definition) is 7. The number of anilines is 1. The molecule has 0 aliphatic heterocycles. The molecule has 4 heterocycles. The van der Waals surface area contributed by atoms with Gasteiger partial charge in [0.05, 0.1) is 7.11 Å². The number of nitrogens with zero attached hydrogens (tertiary/aromatic N) is 6. The molecule has 4 rings (SSSR count). The molecule has 0 amide bonds. The maximum Gasteiger partial charge on any atom is 0.356 e. The molecule has 120 valence electrons. The molecule has 0 aromatic carbocycles. The Labute approximate surface area is 135 Å². The number of esters is 1. The molecular weight excluding hydrogens is 310 g/mol. The van der Waals surface area contributed by atoms with E-state index >= 15 is 0 Å². The number of imidazole rings is 1. The third-order valence-electron chi connectivity index (χ3n) is 3.59. The van der Waals surface area contributed by atoms with Gasteiger partial charge in [0.25, 0.3) is 0 Å². The lowest BCUT2D eigenvalue weighted by Gasteiger charge is -2.10. The van der Waals surface area contributed by atoms with E-state index in [0.717, 1.165) is 11.2 Å². The molecule has 0 bridgehead atoms. The normalized spacial score (nSPS) is 11.0. The van der Waals surface area contributed by atoms with Gasteiger partial charge in [0.15, 0.2) is 11.3 Å². The summed E-state index contributed by atoms with van der Waals surface area (Å²) in [5.74, 6) is 0.00344. The van der Waals surface area contributed by atoms with E-state index in [1.807, 2.05) is 22.7 Å². The average Bonchev–Trinajstić information content (AvgIpc) is 3.26. The van der Waals surface area contributed by atoms with E-state index in [1.165, 1.54) is 7.11 Å². The van der Waals surface area contributed by atoms with Gasteiger partial charge in [0.1, 0.15) is 12.0 Å². The minimum atomic E-state index is -0.505. The number of carbonyl (C=O) groups is 1. The molecule has 0 saturated heterocycles. The summed E-state index contributed by atoms with van der Waals surface area (Å²) in [6.45, 7) is 0.513. The van der Waals surface area contributed by atoms with Crippen molar-refractivity contribution in [3.05, 3.63) is 54.4 Å². The van der Waals surface area contributed by atoms with E-state index in [4.69, 9.17) is 4.74 Å². The second-order valence-electron chi connectivity index (χ2n) is 5.10. The fourth-order valence-corrected chi connectivity index (χ4v) is 2.42. The van der Waals surface area contributed by atoms with Crippen LogP contribution in [0, 0.1) is 0 Å². The number of hydrogen-bond donors (Lipinski definition) is 1. The van der Waals surface area contributed by atoms with E-state index in [-0.39, 0.29) is 5.69 Å². The van der Waals surface area contributed by atoms with Crippen molar-refractivity contribution in [3.63, 3.8) is 0 Å². The molecule has 24 heavy (non-hydrogen) atoms. The number of nitrogens with one attached hydrogen (secondary N) is 1. The van der Waals surface area contributed by atoms with E-state index in [0.29, 0.717) is 18.1 Å². The highest BCUT2D eigenvalue weighted by Gasteiger charge is 2.13. The summed E-state index contributed by atoms with van der Waals surface area (Å²) in [5, 5.41) is 11.0. The molecule has 0 atom stereocenters. The Balaban J connectivity index is 1.65. The van der Waals surface area contributed by atoms with Crippen molar-refractivity contribution in [2.75, 3.05) is 12.4 Å². The first-order valence-electron chi connectivity index (χ1n) is 7.19. The fraction of sp³-hybridized carbons (Fsp3) is 0.133. The van der Waals surface area contributed by atoms with E-state index in [9.17, 15) is 4.79 Å². The van der Waals surface area contributed by atoms with Crippen LogP contribution in [-0.4, -0.2) is 42.0 Å². The first kappa shape index (κ1) is 14.1. The Bertz CT molecular complexity index is 1040. The molecular formula is C15H13N7O2. The summed E-state index contributed by atoms with van der Waals surface area (Å²) >= 11 is 0. The van der Waals surface area contributed by atoms with Gasteiger partial charge in [-0.25, -0.2) is 14.8 Å². The summed E-state index contributed by atoms with van der Waals surface area (Å²) in [5.41, 5.74) is 2.61. The van der Waals surface area contributed by atoms with Crippen LogP contribution in [-0.2, 0) is 11.3 Å². The molecule has 0 fully saturated rings. The number of fused-ring (bicyclic) bond motifs is 2. The average molecular weight is 323 g/mol. The summed E-state index contributed by atoms with van der Waals surface area (Å²) in [4.78, 5) is 20.3. The van der Waals surface area contributed by atoms with E-state index in [1.54, 1.807) is 29.2 Å². The molecule has 0 radical (unpaired) electrons. The monoisotopic (exact) mass is 323 g/mol. The molecule has 9 heteroatoms. The highest BCUT2D eigenvalue weighted by atomic mass is 16.5. The van der Waals surface area contributed by atoms with Crippen molar-refractivity contribution >= 4 is 23.2 Å². The summed E-state index contributed by atoms with van der Waals surface area (Å²) < 4.78 is 8.34. The molecule has 9 nitrogen and oxygen atoms in total. The number of carbonyl (C=O) groups excluding carboxylic acids is 1. The number of methoxy groups -OCH3 is 1. The SMILES string of the molecule is COC(=O)c1cc2nccn2c(NCc2ccc3nncn3c2)n1. The summed E-state index contributed by atoms with van der Waals surface area (Å²) in [6, 6.07) is 5.42. The summed E-state index contributed by atoms with van der Waals surface area (Å²) in [6.07, 6.45) is 6.99. The van der Waals surface area contributed by atoms with Gasteiger partial charge < -0.3 is 10.1 Å². The lowest BCUT2D eigenvalue weighted by atomic mass is 10.3. The predicted molar refractivity (Wildman–Crippen MR) is 84.6 cm³/mol. The first-order valence-corrected chi connectivity index (χ1v) is 7.19. The zero-order chi connectivity index (χ0) is 16.5. The van der Waals surface area contributed by atoms with Crippen molar-refractivity contribution < 1.29 is 9.53 Å². The lowest BCUT2D eigenvalue weighted by Crippen LogP contribution is -2.12. The Morgan fingerprint density at radius 2 is 2.25 bits per heavy atom. The third-order valence-corrected chi connectivity index (χ3v) is 3.59. The fourth-order valence-electron chi connectivity index (χ4n) is 2.42. The minimum absolute atomic E-state index is 0.202. The van der Waals surface area contributed by atoms with Crippen molar-refractivity contribution in [2.24, 2.45) is 0 Å². The summed E-state index contributed by atoms with van der Waals surface area (Å²) in [7, 11) is 1.32. The number of ether oxygens (including phenoxy) is 1. The number of aromatic nitrogens is 6. The molecule has 1 N–H and O–H groups in total. The Morgan fingerprint density at radius 1 is 1.33 bits per heavy atom. The Hall–Kier alpha value is -3.49. The Kier molecular flexibility index (Phi) is 3.30. The van der Waals surface area contributed by atoms with E-state index in [2.05, 4.69) is 25.5 Å². The van der Waals surface area contributed by atoms with Crippen molar-refractivity contribution in [1.82, 2.24) is 29.0 Å². The zero-order valence-corrected chi connectivity index (χ0v) is 12.7. The van der Waals surface area contributed by atoms with Crippen LogP contribution in [0.15, 0.2) is 43.1 Å². The largest absolute Gasteiger partial charge is 0.464 e. The zero-order valence-electron chi connectivity index (χ0n) is 12.7. The van der Waals surface area contributed by atoms with Crippen LogP contribution in [0.1, 0.15) is 16.1 Å². The Morgan fingerprint density at radius 3 is 3.12 bits per heavy atom. The van der Waals surface area contributed by atoms with Crippen LogP contribution in [0.5, 0.6) is 0 Å². The van der Waals surface area contributed by atoms with Crippen LogP contribution in [0.4, 0.5) is 5.95 Å². The second-order valence-corrected chi connectivity index (χ2v) is 5.10. The van der Waals surface area contributed by atoms with Gasteiger partial charge in [-0.2, -0.15) is 0 Å². The van der Waals surface area contributed by atoms with E-state index < -0.39 is 5.97 Å². The van der Waals surface area contributed by atoms with Crippen LogP contribution in [0.2, 0.25) is 0 Å². The molecule has 0 aliphatic rings. The molecule has 0 saturated carbocycles. The van der Waals surface area contributed by atoms with Crippen LogP contribution in [0.3, 0.4) is 0 Å². The van der Waals surface area contributed by atoms with Gasteiger partial charge in [-0.15, -0.1) is 10.2 Å². The highest BCUT2D eigenvalue weighted by Crippen LogP contribution is 2.13. The second kappa shape index (κ2) is 5.61. The molecule has 4 aromatic heterocycles. The van der Waals surface area contributed by atoms with Gasteiger partial charge in [-0.1, -0.05) is 6.07 Å². The number of pyridine rings is 1. The smallest absolute Gasteiger partial charge is 0.356 e. The van der Waals surface area contributed by atoms with Crippen molar-refractivity contribution in [2.45, 2.75) is 6.54 Å². The molecule has 0 unspecified atom stereocenters. The van der Waals surface area contributed by atoms with Crippen LogP contribution >= 0.6 is 0 Å². The van der Waals surface area contributed by atoms with Gasteiger partial charge in [-0.05, 0) is 11.6 Å². The number of rotatable bonds is 4. The topological polar surface area (TPSA) is 98.7 Å². The molecule has 0 aliphatic carbocycles. The van der Waals surface area contributed by atoms with Gasteiger partial charge >= 0.3 is 5.97 Å². The highest BCUT2D eigenvalue weighted by molar-refractivity contribution is 5.88. The molecule has 0 spiro atoms. The van der Waals surface area contributed by atoms with Gasteiger partial charge in [0.2, 0.25) is 5.95 Å². The van der Waals surface area contributed by atoms with Crippen LogP contribution in [0.25, 0.3) is 11.3 Å². The molecule has 4 aromatic rings. The maximum atomic E-state index is 11.8. The van der Waals surface area contributed by atoms with Gasteiger partial charge in [-0.3, -0.25) is 8.80 Å². The predicted octanol–water partition coefficient (Wildman–Crippen LogP) is 1.17. The lowest BCUT2D eigenvalue weighted by molar-refractivity contribution is 0.0594. The van der Waals surface area contributed by atoms with Crippen molar-refractivity contribution in [3.8, 4) is 0 Å².